The molecule has 0 saturated carbocycles. The van der Waals surface area contributed by atoms with Crippen molar-refractivity contribution in [2.24, 2.45) is 17.5 Å². The highest BCUT2D eigenvalue weighted by Gasteiger charge is 2.53. The van der Waals surface area contributed by atoms with Crippen molar-refractivity contribution in [3.63, 3.8) is 0 Å². The lowest BCUT2D eigenvalue weighted by molar-refractivity contribution is -0.0667. The van der Waals surface area contributed by atoms with Crippen LogP contribution in [0.1, 0.15) is 33.3 Å². The van der Waals surface area contributed by atoms with Gasteiger partial charge in [-0.25, -0.2) is 0 Å². The van der Waals surface area contributed by atoms with E-state index < -0.39 is 0 Å². The third-order valence-corrected chi connectivity index (χ3v) is 4.70. The summed E-state index contributed by atoms with van der Waals surface area (Å²) in [5.74, 6) is 0.994. The van der Waals surface area contributed by atoms with Gasteiger partial charge in [-0.2, -0.15) is 0 Å². The summed E-state index contributed by atoms with van der Waals surface area (Å²) in [6.07, 6.45) is 4.20. The number of aryl methyl sites for hydroxylation is 1. The van der Waals surface area contributed by atoms with E-state index in [0.717, 1.165) is 19.0 Å². The average molecular weight is 262 g/mol. The van der Waals surface area contributed by atoms with E-state index in [1.807, 2.05) is 14.1 Å². The van der Waals surface area contributed by atoms with Gasteiger partial charge in [0.15, 0.2) is 5.96 Å². The minimum atomic E-state index is 0.144. The van der Waals surface area contributed by atoms with E-state index in [1.165, 1.54) is 5.56 Å². The third kappa shape index (κ3) is 2.36. The van der Waals surface area contributed by atoms with Crippen LogP contribution in [0, 0.1) is 5.41 Å². The Labute approximate surface area is 116 Å². The maximum atomic E-state index is 4.42. The summed E-state index contributed by atoms with van der Waals surface area (Å²) >= 11 is 0. The van der Waals surface area contributed by atoms with Gasteiger partial charge >= 0.3 is 0 Å². The fourth-order valence-corrected chi connectivity index (χ4v) is 2.54. The summed E-state index contributed by atoms with van der Waals surface area (Å²) in [6.45, 7) is 11.1. The van der Waals surface area contributed by atoms with Crippen LogP contribution in [0.25, 0.3) is 0 Å². The van der Waals surface area contributed by atoms with Gasteiger partial charge in [-0.05, 0) is 25.5 Å². The summed E-state index contributed by atoms with van der Waals surface area (Å²) in [5, 5.41) is 3.46. The first-order valence-electron chi connectivity index (χ1n) is 6.87. The quantitative estimate of drug-likeness (QED) is 0.655. The minimum Gasteiger partial charge on any atom is -0.357 e. The van der Waals surface area contributed by atoms with Gasteiger partial charge in [0.25, 0.3) is 0 Å². The maximum absolute atomic E-state index is 4.42. The van der Waals surface area contributed by atoms with Crippen molar-refractivity contribution in [2.75, 3.05) is 13.6 Å². The molecule has 0 bridgehead atoms. The Hall–Kier alpha value is -1.45. The zero-order chi connectivity index (χ0) is 14.3. The van der Waals surface area contributed by atoms with Crippen LogP contribution in [-0.2, 0) is 13.6 Å². The van der Waals surface area contributed by atoms with E-state index in [1.54, 1.807) is 0 Å². The van der Waals surface area contributed by atoms with Crippen LogP contribution in [0.5, 0.6) is 0 Å². The molecule has 0 spiro atoms. The number of hydrogen-bond donors (Lipinski definition) is 1. The number of nitrogens with one attached hydrogen (secondary N) is 1. The number of hydrogen-bond acceptors (Lipinski definition) is 1. The van der Waals surface area contributed by atoms with Crippen LogP contribution >= 0.6 is 0 Å². The fourth-order valence-electron chi connectivity index (χ4n) is 2.54. The Kier molecular flexibility index (Phi) is 3.37. The zero-order valence-corrected chi connectivity index (χ0v) is 13.0. The molecule has 0 atom stereocenters. The number of rotatable bonds is 2. The lowest BCUT2D eigenvalue weighted by Crippen LogP contribution is -2.72. The van der Waals surface area contributed by atoms with Gasteiger partial charge in [-0.1, -0.05) is 13.8 Å². The van der Waals surface area contributed by atoms with Gasteiger partial charge in [0, 0.05) is 50.5 Å². The smallest absolute Gasteiger partial charge is 0.194 e. The molecule has 2 rings (SSSR count). The zero-order valence-electron chi connectivity index (χ0n) is 13.0. The molecule has 2 heterocycles. The van der Waals surface area contributed by atoms with E-state index in [2.05, 4.69) is 65.9 Å². The van der Waals surface area contributed by atoms with E-state index in [9.17, 15) is 0 Å². The largest absolute Gasteiger partial charge is 0.357 e. The minimum absolute atomic E-state index is 0.144. The molecule has 1 fully saturated rings. The van der Waals surface area contributed by atoms with Gasteiger partial charge in [-0.15, -0.1) is 0 Å². The lowest BCUT2D eigenvalue weighted by atomic mass is 9.65. The highest BCUT2D eigenvalue weighted by Crippen LogP contribution is 2.46. The molecule has 4 nitrogen and oxygen atoms in total. The molecule has 106 valence electrons. The number of guanidine groups is 1. The van der Waals surface area contributed by atoms with Crippen molar-refractivity contribution in [1.29, 1.82) is 0 Å². The van der Waals surface area contributed by atoms with Crippen molar-refractivity contribution in [2.45, 2.75) is 39.8 Å². The first-order chi connectivity index (χ1) is 8.78. The number of aliphatic imine (C=N–C) groups is 1. The second-order valence-corrected chi connectivity index (χ2v) is 6.62. The van der Waals surface area contributed by atoms with Crippen LogP contribution in [-0.4, -0.2) is 34.6 Å². The van der Waals surface area contributed by atoms with Gasteiger partial charge in [0.05, 0.1) is 0 Å². The molecule has 0 aliphatic carbocycles. The van der Waals surface area contributed by atoms with Crippen molar-refractivity contribution in [1.82, 2.24) is 14.8 Å². The normalized spacial score (nSPS) is 21.2. The first kappa shape index (κ1) is 14.0. The molecule has 4 heteroatoms. The summed E-state index contributed by atoms with van der Waals surface area (Å²) in [5.41, 5.74) is 1.75. The predicted octanol–water partition coefficient (Wildman–Crippen LogP) is 2.22. The van der Waals surface area contributed by atoms with Crippen LogP contribution in [0.2, 0.25) is 0 Å². The van der Waals surface area contributed by atoms with Gasteiger partial charge in [0.1, 0.15) is 0 Å². The first-order valence-corrected chi connectivity index (χ1v) is 6.87. The average Bonchev–Trinajstić information content (AvgIpc) is 2.74. The van der Waals surface area contributed by atoms with Crippen molar-refractivity contribution < 1.29 is 0 Å². The predicted molar refractivity (Wildman–Crippen MR) is 80.2 cm³/mol. The Balaban J connectivity index is 1.99. The molecule has 0 amide bonds. The molecule has 19 heavy (non-hydrogen) atoms. The Morgan fingerprint density at radius 1 is 1.37 bits per heavy atom. The topological polar surface area (TPSA) is 32.6 Å². The van der Waals surface area contributed by atoms with E-state index in [0.29, 0.717) is 5.41 Å². The van der Waals surface area contributed by atoms with Gasteiger partial charge in [0.2, 0.25) is 0 Å². The number of likely N-dealkylation sites (tertiary alicyclic amines) is 1. The second-order valence-electron chi connectivity index (χ2n) is 6.62. The van der Waals surface area contributed by atoms with E-state index in [4.69, 9.17) is 0 Å². The molecule has 0 radical (unpaired) electrons. The summed E-state index contributed by atoms with van der Waals surface area (Å²) in [7, 11) is 3.90. The van der Waals surface area contributed by atoms with E-state index >= 15 is 0 Å². The lowest BCUT2D eigenvalue weighted by Gasteiger charge is -2.62. The van der Waals surface area contributed by atoms with Crippen molar-refractivity contribution in [3.05, 3.63) is 24.0 Å². The summed E-state index contributed by atoms with van der Waals surface area (Å²) < 4.78 is 2.07. The second kappa shape index (κ2) is 4.58. The Bertz CT molecular complexity index is 482. The maximum Gasteiger partial charge on any atom is 0.194 e. The highest BCUT2D eigenvalue weighted by atomic mass is 15.4. The molecule has 1 aliphatic rings. The molecule has 1 aliphatic heterocycles. The monoisotopic (exact) mass is 262 g/mol. The van der Waals surface area contributed by atoms with E-state index in [-0.39, 0.29) is 5.54 Å². The standard InChI is InChI=1S/C15H26N4/c1-14(2)11-19(15(14,3)4)13(16-5)17-9-12-7-8-18(6)10-12/h7-8,10H,9,11H2,1-6H3,(H,16,17). The fraction of sp³-hybridized carbons (Fsp3) is 0.667. The molecule has 1 N–H and O–H groups in total. The van der Waals surface area contributed by atoms with Gasteiger partial charge < -0.3 is 14.8 Å². The highest BCUT2D eigenvalue weighted by molar-refractivity contribution is 5.82. The van der Waals surface area contributed by atoms with Gasteiger partial charge in [-0.3, -0.25) is 4.99 Å². The van der Waals surface area contributed by atoms with Crippen LogP contribution in [0.4, 0.5) is 0 Å². The van der Waals surface area contributed by atoms with Crippen LogP contribution < -0.4 is 5.32 Å². The third-order valence-electron chi connectivity index (χ3n) is 4.70. The molecular weight excluding hydrogens is 236 g/mol. The number of aromatic nitrogens is 1. The van der Waals surface area contributed by atoms with Crippen LogP contribution in [0.15, 0.2) is 23.5 Å². The molecule has 1 aromatic rings. The summed E-state index contributed by atoms with van der Waals surface area (Å²) in [4.78, 5) is 6.77. The van der Waals surface area contributed by atoms with Crippen molar-refractivity contribution >= 4 is 5.96 Å². The van der Waals surface area contributed by atoms with Crippen LogP contribution in [0.3, 0.4) is 0 Å². The molecule has 1 saturated heterocycles. The molecule has 0 unspecified atom stereocenters. The number of nitrogens with zero attached hydrogens (tertiary/aromatic N) is 3. The Morgan fingerprint density at radius 3 is 2.47 bits per heavy atom. The molecular formula is C15H26N4. The van der Waals surface area contributed by atoms with Crippen molar-refractivity contribution in [3.8, 4) is 0 Å². The SMILES string of the molecule is CN=C(NCc1ccn(C)c1)N1CC(C)(C)C1(C)C. The Morgan fingerprint density at radius 2 is 2.05 bits per heavy atom. The molecule has 0 aromatic carbocycles. The molecule has 1 aromatic heterocycles. The summed E-state index contributed by atoms with van der Waals surface area (Å²) in [6, 6.07) is 2.13.